The second-order valence-corrected chi connectivity index (χ2v) is 4.20. The first-order chi connectivity index (χ1) is 6.66. The van der Waals surface area contributed by atoms with Gasteiger partial charge in [0.15, 0.2) is 0 Å². The van der Waals surface area contributed by atoms with Crippen molar-refractivity contribution in [2.24, 2.45) is 10.5 Å². The van der Waals surface area contributed by atoms with Crippen LogP contribution in [0.2, 0.25) is 0 Å². The van der Waals surface area contributed by atoms with Gasteiger partial charge in [-0.05, 0) is 38.0 Å². The first kappa shape index (κ1) is 13.5. The first-order valence-electron chi connectivity index (χ1n) is 5.92. The Balaban J connectivity index is 0.000000791. The van der Waals surface area contributed by atoms with Gasteiger partial charge in [-0.1, -0.05) is 27.7 Å². The monoisotopic (exact) mass is 198 g/mol. The molecule has 0 bridgehead atoms. The summed E-state index contributed by atoms with van der Waals surface area (Å²) in [6, 6.07) is 0. The Labute approximate surface area is 89.2 Å². The summed E-state index contributed by atoms with van der Waals surface area (Å²) in [4.78, 5) is 0. The molecule has 1 atom stereocenters. The van der Waals surface area contributed by atoms with Gasteiger partial charge in [0.25, 0.3) is 0 Å². The number of nitrogens with one attached hydrogen (secondary N) is 1. The van der Waals surface area contributed by atoms with Crippen molar-refractivity contribution in [3.8, 4) is 0 Å². The molecule has 0 fully saturated rings. The fourth-order valence-corrected chi connectivity index (χ4v) is 1.58. The maximum atomic E-state index is 4.29. The summed E-state index contributed by atoms with van der Waals surface area (Å²) in [5, 5.41) is 4.29. The van der Waals surface area contributed by atoms with Crippen LogP contribution in [-0.2, 0) is 0 Å². The lowest BCUT2D eigenvalue weighted by atomic mass is 9.82. The molecule has 0 saturated heterocycles. The van der Waals surface area contributed by atoms with Crippen molar-refractivity contribution in [1.82, 2.24) is 5.43 Å². The van der Waals surface area contributed by atoms with Crippen LogP contribution in [0.15, 0.2) is 5.10 Å². The van der Waals surface area contributed by atoms with E-state index in [9.17, 15) is 0 Å². The van der Waals surface area contributed by atoms with Gasteiger partial charge in [0.1, 0.15) is 0 Å². The minimum absolute atomic E-state index is 0.463. The number of hydrogen-bond donors (Lipinski definition) is 1. The average Bonchev–Trinajstić information content (AvgIpc) is 2.18. The molecular weight excluding hydrogens is 172 g/mol. The maximum Gasteiger partial charge on any atom is 0.0383 e. The highest BCUT2D eigenvalue weighted by molar-refractivity contribution is 5.81. The van der Waals surface area contributed by atoms with Crippen molar-refractivity contribution >= 4 is 5.71 Å². The van der Waals surface area contributed by atoms with Crippen molar-refractivity contribution in [1.29, 1.82) is 0 Å². The minimum Gasteiger partial charge on any atom is -0.310 e. The van der Waals surface area contributed by atoms with Gasteiger partial charge < -0.3 is 5.43 Å². The molecule has 1 heterocycles. The zero-order valence-electron chi connectivity index (χ0n) is 10.5. The molecule has 1 aliphatic rings. The van der Waals surface area contributed by atoms with Crippen LogP contribution in [0.1, 0.15) is 60.3 Å². The molecule has 14 heavy (non-hydrogen) atoms. The molecule has 2 nitrogen and oxygen atoms in total. The van der Waals surface area contributed by atoms with Crippen LogP contribution in [0.25, 0.3) is 0 Å². The SMILES string of the molecule is CC.CCC1(C)CCC/C(C)=N\NC1. The Kier molecular flexibility index (Phi) is 6.60. The largest absolute Gasteiger partial charge is 0.310 e. The van der Waals surface area contributed by atoms with Crippen molar-refractivity contribution in [3.05, 3.63) is 0 Å². The molecular formula is C12H26N2. The lowest BCUT2D eigenvalue weighted by Crippen LogP contribution is -2.30. The Hall–Kier alpha value is -0.530. The standard InChI is InChI=1S/C10H20N2.C2H6/c1-4-10(3)7-5-6-9(2)12-11-8-10;1-2/h11H,4-8H2,1-3H3;1-2H3/b12-9-;. The van der Waals surface area contributed by atoms with E-state index in [1.807, 2.05) is 13.8 Å². The second-order valence-electron chi connectivity index (χ2n) is 4.20. The van der Waals surface area contributed by atoms with Crippen LogP contribution in [0, 0.1) is 5.41 Å². The summed E-state index contributed by atoms with van der Waals surface area (Å²) in [5.74, 6) is 0. The Morgan fingerprint density at radius 1 is 1.43 bits per heavy atom. The maximum absolute atomic E-state index is 4.29. The molecule has 0 spiro atoms. The lowest BCUT2D eigenvalue weighted by molar-refractivity contribution is 0.262. The van der Waals surface area contributed by atoms with E-state index in [1.54, 1.807) is 0 Å². The predicted molar refractivity (Wildman–Crippen MR) is 64.7 cm³/mol. The molecule has 2 heteroatoms. The van der Waals surface area contributed by atoms with Gasteiger partial charge in [-0.15, -0.1) is 0 Å². The van der Waals surface area contributed by atoms with Crippen LogP contribution in [0.4, 0.5) is 0 Å². The lowest BCUT2D eigenvalue weighted by Gasteiger charge is -2.29. The molecule has 1 aliphatic heterocycles. The molecule has 84 valence electrons. The van der Waals surface area contributed by atoms with E-state index in [0.29, 0.717) is 5.41 Å². The summed E-state index contributed by atoms with van der Waals surface area (Å²) in [6.07, 6.45) is 5.02. The van der Waals surface area contributed by atoms with E-state index >= 15 is 0 Å². The highest BCUT2D eigenvalue weighted by atomic mass is 15.3. The van der Waals surface area contributed by atoms with Gasteiger partial charge in [-0.3, -0.25) is 0 Å². The average molecular weight is 198 g/mol. The summed E-state index contributed by atoms with van der Waals surface area (Å²) >= 11 is 0. The molecule has 1 unspecified atom stereocenters. The molecule has 0 amide bonds. The number of rotatable bonds is 1. The van der Waals surface area contributed by atoms with Gasteiger partial charge >= 0.3 is 0 Å². The Bertz CT molecular complexity index is 175. The van der Waals surface area contributed by atoms with Gasteiger partial charge in [0, 0.05) is 12.3 Å². The minimum atomic E-state index is 0.463. The highest BCUT2D eigenvalue weighted by Gasteiger charge is 2.22. The normalized spacial score (nSPS) is 31.1. The molecule has 0 saturated carbocycles. The summed E-state index contributed by atoms with van der Waals surface area (Å²) < 4.78 is 0. The van der Waals surface area contributed by atoms with Gasteiger partial charge in [-0.25, -0.2) is 0 Å². The van der Waals surface area contributed by atoms with Crippen LogP contribution < -0.4 is 5.43 Å². The van der Waals surface area contributed by atoms with E-state index in [-0.39, 0.29) is 0 Å². The van der Waals surface area contributed by atoms with E-state index in [4.69, 9.17) is 0 Å². The van der Waals surface area contributed by atoms with Crippen molar-refractivity contribution < 1.29 is 0 Å². The van der Waals surface area contributed by atoms with Crippen LogP contribution in [0.3, 0.4) is 0 Å². The first-order valence-corrected chi connectivity index (χ1v) is 5.92. The topological polar surface area (TPSA) is 24.4 Å². The molecule has 0 aromatic rings. The van der Waals surface area contributed by atoms with Crippen molar-refractivity contribution in [2.45, 2.75) is 60.3 Å². The molecule has 0 aromatic carbocycles. The van der Waals surface area contributed by atoms with Crippen molar-refractivity contribution in [2.75, 3.05) is 6.54 Å². The summed E-state index contributed by atoms with van der Waals surface area (Å²) in [5.41, 5.74) is 4.87. The summed E-state index contributed by atoms with van der Waals surface area (Å²) in [7, 11) is 0. The van der Waals surface area contributed by atoms with E-state index in [2.05, 4.69) is 31.3 Å². The second kappa shape index (κ2) is 6.86. The van der Waals surface area contributed by atoms with E-state index < -0.39 is 0 Å². The Morgan fingerprint density at radius 3 is 2.64 bits per heavy atom. The van der Waals surface area contributed by atoms with Gasteiger partial charge in [0.05, 0.1) is 0 Å². The molecule has 1 N–H and O–H groups in total. The van der Waals surface area contributed by atoms with Crippen LogP contribution in [0.5, 0.6) is 0 Å². The predicted octanol–water partition coefficient (Wildman–Crippen LogP) is 3.58. The Morgan fingerprint density at radius 2 is 2.07 bits per heavy atom. The highest BCUT2D eigenvalue weighted by Crippen LogP contribution is 2.28. The van der Waals surface area contributed by atoms with Crippen LogP contribution >= 0.6 is 0 Å². The molecule has 0 aromatic heterocycles. The third-order valence-corrected chi connectivity index (χ3v) is 2.95. The van der Waals surface area contributed by atoms with Gasteiger partial charge in [-0.2, -0.15) is 5.10 Å². The zero-order chi connectivity index (χ0) is 11.0. The fourth-order valence-electron chi connectivity index (χ4n) is 1.58. The number of hydrogen-bond acceptors (Lipinski definition) is 2. The fraction of sp³-hybridized carbons (Fsp3) is 0.917. The van der Waals surface area contributed by atoms with Gasteiger partial charge in [0.2, 0.25) is 0 Å². The van der Waals surface area contributed by atoms with E-state index in [0.717, 1.165) is 13.0 Å². The third-order valence-electron chi connectivity index (χ3n) is 2.95. The van der Waals surface area contributed by atoms with E-state index in [1.165, 1.54) is 25.0 Å². The van der Waals surface area contributed by atoms with Crippen molar-refractivity contribution in [3.63, 3.8) is 0 Å². The summed E-state index contributed by atoms with van der Waals surface area (Å²) in [6.45, 7) is 11.7. The molecule has 0 aliphatic carbocycles. The number of nitrogens with zero attached hydrogens (tertiary/aromatic N) is 1. The smallest absolute Gasteiger partial charge is 0.0383 e. The number of hydrazone groups is 1. The molecule has 0 radical (unpaired) electrons. The third kappa shape index (κ3) is 4.64. The van der Waals surface area contributed by atoms with Crippen LogP contribution in [-0.4, -0.2) is 12.3 Å². The quantitative estimate of drug-likeness (QED) is 0.684. The zero-order valence-corrected chi connectivity index (χ0v) is 10.5. The molecule has 1 rings (SSSR count).